The number of nitrogens with one attached hydrogen (secondary N) is 1. The molecule has 5 heteroatoms. The van der Waals surface area contributed by atoms with Crippen molar-refractivity contribution >= 4 is 17.5 Å². The number of aryl methyl sites for hydroxylation is 1. The molecule has 5 nitrogen and oxygen atoms in total. The van der Waals surface area contributed by atoms with Crippen molar-refractivity contribution in [2.24, 2.45) is 0 Å². The number of para-hydroxylation sites is 1. The minimum absolute atomic E-state index is 0.0947. The molecule has 1 heterocycles. The van der Waals surface area contributed by atoms with Crippen LogP contribution in [0.2, 0.25) is 0 Å². The fraction of sp³-hybridized carbons (Fsp3) is 0.450. The highest BCUT2D eigenvalue weighted by molar-refractivity contribution is 5.93. The van der Waals surface area contributed by atoms with Crippen molar-refractivity contribution < 1.29 is 4.79 Å². The van der Waals surface area contributed by atoms with Gasteiger partial charge >= 0.3 is 0 Å². The molecule has 1 fully saturated rings. The monoisotopic (exact) mass is 338 g/mol. The largest absolute Gasteiger partial charge is 0.348 e. The molecule has 0 saturated heterocycles. The van der Waals surface area contributed by atoms with Crippen molar-refractivity contribution in [3.8, 4) is 0 Å². The molecule has 1 aliphatic carbocycles. The fourth-order valence-electron chi connectivity index (χ4n) is 3.34. The third kappa shape index (κ3) is 4.35. The smallest absolute Gasteiger partial charge is 0.270 e. The van der Waals surface area contributed by atoms with Gasteiger partial charge < -0.3 is 10.2 Å². The van der Waals surface area contributed by atoms with Crippen LogP contribution in [0.1, 0.15) is 55.2 Å². The van der Waals surface area contributed by atoms with Gasteiger partial charge in [-0.05, 0) is 44.9 Å². The third-order valence-corrected chi connectivity index (χ3v) is 4.64. The molecule has 0 bridgehead atoms. The van der Waals surface area contributed by atoms with E-state index < -0.39 is 0 Å². The maximum Gasteiger partial charge on any atom is 0.270 e. The van der Waals surface area contributed by atoms with E-state index in [1.54, 1.807) is 6.07 Å². The molecule has 1 aromatic heterocycles. The van der Waals surface area contributed by atoms with Crippen molar-refractivity contribution in [1.82, 2.24) is 15.3 Å². The number of aromatic nitrogens is 2. The van der Waals surface area contributed by atoms with E-state index in [9.17, 15) is 4.79 Å². The van der Waals surface area contributed by atoms with Crippen LogP contribution in [0.5, 0.6) is 0 Å². The van der Waals surface area contributed by atoms with Crippen molar-refractivity contribution in [3.05, 3.63) is 47.8 Å². The number of nitrogens with zero attached hydrogens (tertiary/aromatic N) is 3. The number of anilines is 2. The summed E-state index contributed by atoms with van der Waals surface area (Å²) in [5.74, 6) is 0.477. The van der Waals surface area contributed by atoms with Crippen molar-refractivity contribution in [2.75, 3.05) is 11.4 Å². The molecule has 1 amide bonds. The van der Waals surface area contributed by atoms with E-state index in [0.717, 1.165) is 30.8 Å². The van der Waals surface area contributed by atoms with Crippen molar-refractivity contribution in [1.29, 1.82) is 0 Å². The number of carbonyl (C=O) groups is 1. The van der Waals surface area contributed by atoms with Crippen LogP contribution >= 0.6 is 0 Å². The van der Waals surface area contributed by atoms with Gasteiger partial charge in [-0.3, -0.25) is 4.79 Å². The maximum atomic E-state index is 12.6. The van der Waals surface area contributed by atoms with Gasteiger partial charge in [-0.1, -0.05) is 37.5 Å². The molecule has 3 rings (SSSR count). The first-order valence-corrected chi connectivity index (χ1v) is 9.16. The van der Waals surface area contributed by atoms with E-state index in [4.69, 9.17) is 0 Å². The first kappa shape index (κ1) is 17.4. The highest BCUT2D eigenvalue weighted by Crippen LogP contribution is 2.22. The predicted molar refractivity (Wildman–Crippen MR) is 100 cm³/mol. The maximum absolute atomic E-state index is 12.6. The van der Waals surface area contributed by atoms with Gasteiger partial charge in [-0.2, -0.15) is 0 Å². The lowest BCUT2D eigenvalue weighted by atomic mass is 9.95. The fourth-order valence-corrected chi connectivity index (χ4v) is 3.34. The number of carbonyl (C=O) groups excluding carboxylic acids is 1. The van der Waals surface area contributed by atoms with E-state index in [1.165, 1.54) is 19.3 Å². The Bertz CT molecular complexity index is 711. The van der Waals surface area contributed by atoms with Crippen LogP contribution in [0, 0.1) is 6.92 Å². The average Bonchev–Trinajstić information content (AvgIpc) is 2.64. The molecule has 0 atom stereocenters. The normalized spacial score (nSPS) is 15.0. The van der Waals surface area contributed by atoms with Gasteiger partial charge in [0, 0.05) is 24.0 Å². The van der Waals surface area contributed by atoms with Crippen LogP contribution in [0.3, 0.4) is 0 Å². The summed E-state index contributed by atoms with van der Waals surface area (Å²) in [4.78, 5) is 23.8. The quantitative estimate of drug-likeness (QED) is 0.895. The van der Waals surface area contributed by atoms with Crippen LogP contribution < -0.4 is 10.2 Å². The lowest BCUT2D eigenvalue weighted by Crippen LogP contribution is -2.37. The molecule has 0 unspecified atom stereocenters. The summed E-state index contributed by atoms with van der Waals surface area (Å²) in [5.41, 5.74) is 2.27. The lowest BCUT2D eigenvalue weighted by molar-refractivity contribution is 0.0922. The first-order chi connectivity index (χ1) is 12.2. The second-order valence-corrected chi connectivity index (χ2v) is 6.58. The number of hydrogen-bond donors (Lipinski definition) is 1. The standard InChI is InChI=1S/C20H26N4O/c1-3-24(17-12-8-5-9-13-17)20-21-15(2)14-18(23-20)19(25)22-16-10-6-4-7-11-16/h5,8-9,12-14,16H,3-4,6-7,10-11H2,1-2H3,(H,22,25). The van der Waals surface area contributed by atoms with Gasteiger partial charge in [-0.25, -0.2) is 9.97 Å². The van der Waals surface area contributed by atoms with E-state index in [2.05, 4.69) is 22.2 Å². The van der Waals surface area contributed by atoms with Gasteiger partial charge in [0.25, 0.3) is 5.91 Å². The SMILES string of the molecule is CCN(c1ccccc1)c1nc(C)cc(C(=O)NC2CCCCC2)n1. The number of amides is 1. The van der Waals surface area contributed by atoms with Gasteiger partial charge in [0.1, 0.15) is 5.69 Å². The summed E-state index contributed by atoms with van der Waals surface area (Å²) in [6.07, 6.45) is 5.78. The molecule has 0 spiro atoms. The van der Waals surface area contributed by atoms with E-state index in [0.29, 0.717) is 11.6 Å². The van der Waals surface area contributed by atoms with E-state index >= 15 is 0 Å². The van der Waals surface area contributed by atoms with Crippen LogP contribution in [0.4, 0.5) is 11.6 Å². The molecule has 1 N–H and O–H groups in total. The van der Waals surface area contributed by atoms with E-state index in [1.807, 2.05) is 42.2 Å². The average molecular weight is 338 g/mol. The summed E-state index contributed by atoms with van der Waals surface area (Å²) in [7, 11) is 0. The summed E-state index contributed by atoms with van der Waals surface area (Å²) in [5, 5.41) is 3.14. The Balaban J connectivity index is 1.83. The predicted octanol–water partition coefficient (Wildman–Crippen LogP) is 4.01. The Morgan fingerprint density at radius 1 is 1.16 bits per heavy atom. The number of hydrogen-bond acceptors (Lipinski definition) is 4. The summed E-state index contributed by atoms with van der Waals surface area (Å²) >= 11 is 0. The molecule has 1 aromatic carbocycles. The zero-order valence-corrected chi connectivity index (χ0v) is 15.0. The Kier molecular flexibility index (Phi) is 5.64. The number of benzene rings is 1. The van der Waals surface area contributed by atoms with Gasteiger partial charge in [0.2, 0.25) is 5.95 Å². The molecule has 0 aliphatic heterocycles. The first-order valence-electron chi connectivity index (χ1n) is 9.16. The number of rotatable bonds is 5. The summed E-state index contributed by atoms with van der Waals surface area (Å²) in [6, 6.07) is 12.1. The van der Waals surface area contributed by atoms with Gasteiger partial charge in [0.05, 0.1) is 0 Å². The van der Waals surface area contributed by atoms with Crippen LogP contribution in [-0.2, 0) is 0 Å². The zero-order valence-electron chi connectivity index (χ0n) is 15.0. The Labute approximate surface area is 149 Å². The Hall–Kier alpha value is -2.43. The lowest BCUT2D eigenvalue weighted by Gasteiger charge is -2.24. The zero-order chi connectivity index (χ0) is 17.6. The molecule has 1 aliphatic rings. The molecular formula is C20H26N4O. The van der Waals surface area contributed by atoms with Crippen LogP contribution in [-0.4, -0.2) is 28.5 Å². The molecule has 2 aromatic rings. The Morgan fingerprint density at radius 3 is 2.56 bits per heavy atom. The van der Waals surface area contributed by atoms with Crippen molar-refractivity contribution in [2.45, 2.75) is 52.0 Å². The van der Waals surface area contributed by atoms with Crippen LogP contribution in [0.15, 0.2) is 36.4 Å². The second-order valence-electron chi connectivity index (χ2n) is 6.58. The molecular weight excluding hydrogens is 312 g/mol. The minimum atomic E-state index is -0.0947. The van der Waals surface area contributed by atoms with Gasteiger partial charge in [-0.15, -0.1) is 0 Å². The van der Waals surface area contributed by atoms with Gasteiger partial charge in [0.15, 0.2) is 0 Å². The summed E-state index contributed by atoms with van der Waals surface area (Å²) < 4.78 is 0. The molecule has 25 heavy (non-hydrogen) atoms. The third-order valence-electron chi connectivity index (χ3n) is 4.64. The highest BCUT2D eigenvalue weighted by atomic mass is 16.1. The Morgan fingerprint density at radius 2 is 1.88 bits per heavy atom. The molecule has 1 saturated carbocycles. The highest BCUT2D eigenvalue weighted by Gasteiger charge is 2.19. The van der Waals surface area contributed by atoms with Crippen LogP contribution in [0.25, 0.3) is 0 Å². The van der Waals surface area contributed by atoms with Crippen molar-refractivity contribution in [3.63, 3.8) is 0 Å². The second kappa shape index (κ2) is 8.10. The minimum Gasteiger partial charge on any atom is -0.348 e. The topological polar surface area (TPSA) is 58.1 Å². The van der Waals surface area contributed by atoms with E-state index in [-0.39, 0.29) is 11.9 Å². The summed E-state index contributed by atoms with van der Waals surface area (Å²) in [6.45, 7) is 4.69. The molecule has 0 radical (unpaired) electrons. The molecule has 132 valence electrons.